The Morgan fingerprint density at radius 2 is 2.07 bits per heavy atom. The molecule has 0 amide bonds. The lowest BCUT2D eigenvalue weighted by Crippen LogP contribution is -2.23. The molecule has 0 unspecified atom stereocenters. The Hall–Kier alpha value is -1.52. The second kappa shape index (κ2) is 2.73. The molecule has 0 aliphatic heterocycles. The fourth-order valence-corrected chi connectivity index (χ4v) is 1.82. The highest BCUT2D eigenvalue weighted by Gasteiger charge is 2.30. The zero-order valence-electron chi connectivity index (χ0n) is 8.15. The van der Waals surface area contributed by atoms with Gasteiger partial charge in [-0.2, -0.15) is 0 Å². The smallest absolute Gasteiger partial charge is 0.354 e. The van der Waals surface area contributed by atoms with Crippen LogP contribution in [0.3, 0.4) is 0 Å². The van der Waals surface area contributed by atoms with Crippen LogP contribution in [0.4, 0.5) is 0 Å². The number of hydrogen-bond donors (Lipinski definition) is 1. The summed E-state index contributed by atoms with van der Waals surface area (Å²) in [6.45, 7) is 1.68. The summed E-state index contributed by atoms with van der Waals surface area (Å²) in [5.74, 6) is -1.04. The summed E-state index contributed by atoms with van der Waals surface area (Å²) in [6.07, 6.45) is 1.95. The molecule has 0 radical (unpaired) electrons. The van der Waals surface area contributed by atoms with E-state index in [1.165, 1.54) is 11.6 Å². The minimum atomic E-state index is -1.04. The van der Waals surface area contributed by atoms with Crippen molar-refractivity contribution in [1.82, 2.24) is 9.13 Å². The molecule has 0 bridgehead atoms. The molecule has 1 aromatic rings. The normalized spacial score (nSPS) is 15.9. The second-order valence-electron chi connectivity index (χ2n) is 3.68. The summed E-state index contributed by atoms with van der Waals surface area (Å²) < 4.78 is 2.79. The van der Waals surface area contributed by atoms with Gasteiger partial charge in [0.2, 0.25) is 0 Å². The van der Waals surface area contributed by atoms with Crippen LogP contribution in [-0.4, -0.2) is 20.2 Å². The van der Waals surface area contributed by atoms with Gasteiger partial charge in [0.05, 0.1) is 5.69 Å². The fourth-order valence-electron chi connectivity index (χ4n) is 1.82. The number of carbonyl (C=O) groups is 1. The van der Waals surface area contributed by atoms with Gasteiger partial charge in [0.25, 0.3) is 0 Å². The topological polar surface area (TPSA) is 64.2 Å². The third-order valence-electron chi connectivity index (χ3n) is 2.65. The van der Waals surface area contributed by atoms with Crippen molar-refractivity contribution >= 4 is 5.97 Å². The molecule has 14 heavy (non-hydrogen) atoms. The first-order valence-electron chi connectivity index (χ1n) is 4.55. The molecule has 1 aliphatic rings. The molecule has 0 atom stereocenters. The van der Waals surface area contributed by atoms with Crippen molar-refractivity contribution in [3.63, 3.8) is 0 Å². The first kappa shape index (κ1) is 9.05. The summed E-state index contributed by atoms with van der Waals surface area (Å²) in [7, 11) is 1.50. The van der Waals surface area contributed by atoms with Crippen LogP contribution in [0.2, 0.25) is 0 Å². The Morgan fingerprint density at radius 3 is 2.43 bits per heavy atom. The van der Waals surface area contributed by atoms with Gasteiger partial charge in [0.15, 0.2) is 5.69 Å². The summed E-state index contributed by atoms with van der Waals surface area (Å²) in [6, 6.07) is 0.224. The van der Waals surface area contributed by atoms with E-state index < -0.39 is 5.97 Å². The Balaban J connectivity index is 2.68. The van der Waals surface area contributed by atoms with Gasteiger partial charge >= 0.3 is 11.7 Å². The molecule has 1 aliphatic carbocycles. The average Bonchev–Trinajstić information content (AvgIpc) is 2.84. The van der Waals surface area contributed by atoms with Gasteiger partial charge in [0.1, 0.15) is 0 Å². The van der Waals surface area contributed by atoms with E-state index >= 15 is 0 Å². The first-order chi connectivity index (χ1) is 6.54. The number of hydrogen-bond acceptors (Lipinski definition) is 2. The number of rotatable bonds is 2. The maximum absolute atomic E-state index is 11.7. The third kappa shape index (κ3) is 1.08. The van der Waals surface area contributed by atoms with Crippen molar-refractivity contribution in [2.45, 2.75) is 25.8 Å². The molecule has 5 heteroatoms. The van der Waals surface area contributed by atoms with Gasteiger partial charge in [-0.15, -0.1) is 0 Å². The summed E-state index contributed by atoms with van der Waals surface area (Å²) in [4.78, 5) is 22.5. The third-order valence-corrected chi connectivity index (χ3v) is 2.65. The van der Waals surface area contributed by atoms with Gasteiger partial charge in [-0.25, -0.2) is 9.59 Å². The Kier molecular flexibility index (Phi) is 1.77. The highest BCUT2D eigenvalue weighted by atomic mass is 16.4. The van der Waals surface area contributed by atoms with E-state index in [1.807, 2.05) is 0 Å². The van der Waals surface area contributed by atoms with Crippen molar-refractivity contribution in [3.05, 3.63) is 21.9 Å². The minimum absolute atomic E-state index is 0.0990. The Labute approximate surface area is 80.6 Å². The van der Waals surface area contributed by atoms with E-state index in [1.54, 1.807) is 11.5 Å². The summed E-state index contributed by atoms with van der Waals surface area (Å²) in [5, 5.41) is 8.91. The van der Waals surface area contributed by atoms with Crippen LogP contribution in [-0.2, 0) is 7.05 Å². The first-order valence-corrected chi connectivity index (χ1v) is 4.55. The van der Waals surface area contributed by atoms with E-state index in [9.17, 15) is 9.59 Å². The molecule has 1 saturated carbocycles. The Bertz CT molecular complexity index is 451. The highest BCUT2D eigenvalue weighted by Crippen LogP contribution is 2.35. The van der Waals surface area contributed by atoms with E-state index in [0.29, 0.717) is 5.69 Å². The molecule has 0 saturated heterocycles. The minimum Gasteiger partial charge on any atom is -0.477 e. The molecule has 5 nitrogen and oxygen atoms in total. The molecule has 1 heterocycles. The van der Waals surface area contributed by atoms with Gasteiger partial charge in [-0.1, -0.05) is 0 Å². The lowest BCUT2D eigenvalue weighted by Gasteiger charge is -1.99. The number of aromatic nitrogens is 2. The van der Waals surface area contributed by atoms with E-state index in [2.05, 4.69) is 0 Å². The van der Waals surface area contributed by atoms with E-state index in [4.69, 9.17) is 5.11 Å². The fraction of sp³-hybridized carbons (Fsp3) is 0.556. The van der Waals surface area contributed by atoms with Crippen LogP contribution in [0.1, 0.15) is 35.1 Å². The molecular formula is C9H12N2O3. The van der Waals surface area contributed by atoms with Crippen molar-refractivity contribution in [1.29, 1.82) is 0 Å². The molecule has 0 spiro atoms. The molecule has 1 fully saturated rings. The van der Waals surface area contributed by atoms with Gasteiger partial charge < -0.3 is 5.11 Å². The number of nitrogens with zero attached hydrogens (tertiary/aromatic N) is 2. The van der Waals surface area contributed by atoms with Crippen LogP contribution in [0.15, 0.2) is 4.79 Å². The summed E-state index contributed by atoms with van der Waals surface area (Å²) in [5.41, 5.74) is 0.441. The highest BCUT2D eigenvalue weighted by molar-refractivity contribution is 5.87. The van der Waals surface area contributed by atoms with Crippen molar-refractivity contribution < 1.29 is 9.90 Å². The van der Waals surface area contributed by atoms with Crippen LogP contribution in [0, 0.1) is 6.92 Å². The number of carboxylic acids is 1. The van der Waals surface area contributed by atoms with Gasteiger partial charge in [0, 0.05) is 13.1 Å². The summed E-state index contributed by atoms with van der Waals surface area (Å²) >= 11 is 0. The molecular weight excluding hydrogens is 184 g/mol. The maximum Gasteiger partial charge on any atom is 0.354 e. The van der Waals surface area contributed by atoms with Gasteiger partial charge in [-0.05, 0) is 19.8 Å². The predicted molar refractivity (Wildman–Crippen MR) is 49.6 cm³/mol. The van der Waals surface area contributed by atoms with Crippen molar-refractivity contribution in [2.24, 2.45) is 7.05 Å². The quantitative estimate of drug-likeness (QED) is 0.750. The maximum atomic E-state index is 11.7. The number of aromatic carboxylic acids is 1. The van der Waals surface area contributed by atoms with Crippen LogP contribution >= 0.6 is 0 Å². The molecule has 0 aromatic carbocycles. The van der Waals surface area contributed by atoms with Crippen molar-refractivity contribution in [3.8, 4) is 0 Å². The lowest BCUT2D eigenvalue weighted by atomic mass is 10.3. The largest absolute Gasteiger partial charge is 0.477 e. The zero-order valence-corrected chi connectivity index (χ0v) is 8.15. The average molecular weight is 196 g/mol. The van der Waals surface area contributed by atoms with Gasteiger partial charge in [-0.3, -0.25) is 9.13 Å². The SMILES string of the molecule is Cc1c(C(=O)O)n(C)c(=O)n1C1CC1. The Morgan fingerprint density at radius 1 is 1.50 bits per heavy atom. The van der Waals surface area contributed by atoms with Crippen LogP contribution in [0.5, 0.6) is 0 Å². The second-order valence-corrected chi connectivity index (χ2v) is 3.68. The lowest BCUT2D eigenvalue weighted by molar-refractivity contribution is 0.0685. The van der Waals surface area contributed by atoms with Crippen LogP contribution in [0.25, 0.3) is 0 Å². The van der Waals surface area contributed by atoms with E-state index in [-0.39, 0.29) is 17.4 Å². The molecule has 1 aromatic heterocycles. The number of imidazole rings is 1. The monoisotopic (exact) mass is 196 g/mol. The zero-order chi connectivity index (χ0) is 10.5. The molecule has 76 valence electrons. The van der Waals surface area contributed by atoms with Crippen LogP contribution < -0.4 is 5.69 Å². The predicted octanol–water partition coefficient (Wildman–Crippen LogP) is 0.528. The van der Waals surface area contributed by atoms with Crippen molar-refractivity contribution in [2.75, 3.05) is 0 Å². The number of carboxylic acid groups (broad SMARTS) is 1. The van der Waals surface area contributed by atoms with E-state index in [0.717, 1.165) is 12.8 Å². The molecule has 2 rings (SSSR count). The standard InChI is InChI=1S/C9H12N2O3/c1-5-7(8(12)13)10(2)9(14)11(5)6-3-4-6/h6H,3-4H2,1-2H3,(H,12,13). The molecule has 1 N–H and O–H groups in total.